The van der Waals surface area contributed by atoms with Crippen LogP contribution in [0.25, 0.3) is 0 Å². The number of nitrogens with zero attached hydrogens (tertiary/aromatic N) is 1. The summed E-state index contributed by atoms with van der Waals surface area (Å²) in [6.07, 6.45) is 1.82. The van der Waals surface area contributed by atoms with Gasteiger partial charge >= 0.3 is 0 Å². The lowest BCUT2D eigenvalue weighted by Crippen LogP contribution is -2.32. The molecule has 0 amide bonds. The summed E-state index contributed by atoms with van der Waals surface area (Å²) in [5.41, 5.74) is 0. The van der Waals surface area contributed by atoms with Crippen LogP contribution in [0.15, 0.2) is 5.16 Å². The monoisotopic (exact) mass is 175 g/mol. The van der Waals surface area contributed by atoms with E-state index in [1.165, 1.54) is 6.21 Å². The Kier molecular flexibility index (Phi) is 5.66. The summed E-state index contributed by atoms with van der Waals surface area (Å²) in [5, 5.41) is 11.1. The van der Waals surface area contributed by atoms with Crippen LogP contribution in [0, 0.1) is 0 Å². The van der Waals surface area contributed by atoms with Crippen molar-refractivity contribution < 1.29 is 14.7 Å². The van der Waals surface area contributed by atoms with Gasteiger partial charge in [-0.3, -0.25) is 0 Å². The highest BCUT2D eigenvalue weighted by Crippen LogP contribution is 2.15. The van der Waals surface area contributed by atoms with E-state index in [1.807, 2.05) is 20.8 Å². The van der Waals surface area contributed by atoms with Crippen molar-refractivity contribution in [2.75, 3.05) is 13.2 Å². The standard InChI is InChI=1S/C8H17NO3/c1-4-11-8(3,12-5-2)6-7-9-10/h7,10H,4-6H2,1-3H3. The molecule has 12 heavy (non-hydrogen) atoms. The highest BCUT2D eigenvalue weighted by atomic mass is 16.7. The molecule has 0 aliphatic heterocycles. The number of hydrogen-bond donors (Lipinski definition) is 1. The molecule has 0 aromatic heterocycles. The zero-order valence-corrected chi connectivity index (χ0v) is 7.91. The molecule has 0 aromatic rings. The average molecular weight is 175 g/mol. The van der Waals surface area contributed by atoms with Crippen LogP contribution in [-0.4, -0.2) is 30.4 Å². The first-order valence-corrected chi connectivity index (χ1v) is 4.12. The maximum absolute atomic E-state index is 8.22. The zero-order valence-electron chi connectivity index (χ0n) is 7.91. The highest BCUT2D eigenvalue weighted by molar-refractivity contribution is 5.57. The van der Waals surface area contributed by atoms with Crippen molar-refractivity contribution >= 4 is 6.21 Å². The van der Waals surface area contributed by atoms with Gasteiger partial charge in [-0.2, -0.15) is 0 Å². The number of hydrogen-bond acceptors (Lipinski definition) is 4. The summed E-state index contributed by atoms with van der Waals surface area (Å²) in [4.78, 5) is 0. The first kappa shape index (κ1) is 11.4. The van der Waals surface area contributed by atoms with Gasteiger partial charge in [-0.15, -0.1) is 5.16 Å². The van der Waals surface area contributed by atoms with Gasteiger partial charge in [0.1, 0.15) is 0 Å². The molecular weight excluding hydrogens is 158 g/mol. The van der Waals surface area contributed by atoms with Gasteiger partial charge in [0, 0.05) is 25.8 Å². The van der Waals surface area contributed by atoms with E-state index in [0.717, 1.165) is 0 Å². The number of rotatable bonds is 6. The van der Waals surface area contributed by atoms with Crippen molar-refractivity contribution in [1.29, 1.82) is 0 Å². The van der Waals surface area contributed by atoms with Gasteiger partial charge in [0.25, 0.3) is 0 Å². The minimum absolute atomic E-state index is 0.450. The van der Waals surface area contributed by atoms with E-state index >= 15 is 0 Å². The van der Waals surface area contributed by atoms with E-state index in [1.54, 1.807) is 0 Å². The number of oxime groups is 1. The van der Waals surface area contributed by atoms with Crippen LogP contribution in [-0.2, 0) is 9.47 Å². The predicted octanol–water partition coefficient (Wildman–Crippen LogP) is 1.63. The molecule has 4 nitrogen and oxygen atoms in total. The molecular formula is C8H17NO3. The fraction of sp³-hybridized carbons (Fsp3) is 0.875. The smallest absolute Gasteiger partial charge is 0.170 e. The molecule has 0 rings (SSSR count). The third-order valence-corrected chi connectivity index (χ3v) is 1.44. The van der Waals surface area contributed by atoms with Crippen molar-refractivity contribution in [2.24, 2.45) is 5.16 Å². The molecule has 1 N–H and O–H groups in total. The van der Waals surface area contributed by atoms with Crippen LogP contribution in [0.1, 0.15) is 27.2 Å². The zero-order chi connectivity index (χ0) is 9.45. The maximum Gasteiger partial charge on any atom is 0.170 e. The van der Waals surface area contributed by atoms with Gasteiger partial charge < -0.3 is 14.7 Å². The highest BCUT2D eigenvalue weighted by Gasteiger charge is 2.23. The Morgan fingerprint density at radius 2 is 1.83 bits per heavy atom. The fourth-order valence-corrected chi connectivity index (χ4v) is 0.977. The molecule has 0 saturated heterocycles. The molecule has 4 heteroatoms. The van der Waals surface area contributed by atoms with Crippen LogP contribution in [0.4, 0.5) is 0 Å². The summed E-state index contributed by atoms with van der Waals surface area (Å²) in [6, 6.07) is 0. The third kappa shape index (κ3) is 4.31. The molecule has 0 saturated carbocycles. The summed E-state index contributed by atoms with van der Waals surface area (Å²) in [5.74, 6) is -0.657. The molecule has 0 radical (unpaired) electrons. The summed E-state index contributed by atoms with van der Waals surface area (Å²) in [6.45, 7) is 6.77. The first-order valence-electron chi connectivity index (χ1n) is 4.12. The van der Waals surface area contributed by atoms with Gasteiger partial charge in [0.2, 0.25) is 0 Å². The minimum Gasteiger partial charge on any atom is -0.411 e. The summed E-state index contributed by atoms with van der Waals surface area (Å²) in [7, 11) is 0. The lowest BCUT2D eigenvalue weighted by Gasteiger charge is -2.27. The molecule has 0 unspecified atom stereocenters. The topological polar surface area (TPSA) is 51.0 Å². The predicted molar refractivity (Wildman–Crippen MR) is 46.6 cm³/mol. The lowest BCUT2D eigenvalue weighted by atomic mass is 10.2. The van der Waals surface area contributed by atoms with E-state index in [2.05, 4.69) is 5.16 Å². The summed E-state index contributed by atoms with van der Waals surface area (Å²) < 4.78 is 10.7. The molecule has 0 fully saturated rings. The molecule has 0 bridgehead atoms. The SMILES string of the molecule is CCOC(C)(CC=NO)OCC. The molecule has 72 valence electrons. The normalized spacial score (nSPS) is 12.6. The molecule has 0 spiro atoms. The summed E-state index contributed by atoms with van der Waals surface area (Å²) >= 11 is 0. The van der Waals surface area contributed by atoms with Gasteiger partial charge in [-0.1, -0.05) is 0 Å². The van der Waals surface area contributed by atoms with Crippen molar-refractivity contribution in [2.45, 2.75) is 33.0 Å². The Morgan fingerprint density at radius 3 is 2.17 bits per heavy atom. The Bertz CT molecular complexity index is 130. The second kappa shape index (κ2) is 5.97. The van der Waals surface area contributed by atoms with Crippen LogP contribution >= 0.6 is 0 Å². The Balaban J connectivity index is 3.97. The van der Waals surface area contributed by atoms with Crippen molar-refractivity contribution in [3.63, 3.8) is 0 Å². The van der Waals surface area contributed by atoms with E-state index in [4.69, 9.17) is 14.7 Å². The van der Waals surface area contributed by atoms with Gasteiger partial charge in [-0.05, 0) is 20.8 Å². The quantitative estimate of drug-likeness (QED) is 0.289. The molecule has 0 aliphatic rings. The largest absolute Gasteiger partial charge is 0.411 e. The second-order valence-corrected chi connectivity index (χ2v) is 2.50. The van der Waals surface area contributed by atoms with Crippen LogP contribution in [0.3, 0.4) is 0 Å². The van der Waals surface area contributed by atoms with Crippen molar-refractivity contribution in [3.8, 4) is 0 Å². The average Bonchev–Trinajstić information content (AvgIpc) is 2.02. The van der Waals surface area contributed by atoms with Gasteiger partial charge in [0.05, 0.1) is 0 Å². The molecule has 0 heterocycles. The minimum atomic E-state index is -0.657. The Labute approximate surface area is 73.2 Å². The second-order valence-electron chi connectivity index (χ2n) is 2.50. The van der Waals surface area contributed by atoms with E-state index in [0.29, 0.717) is 19.6 Å². The van der Waals surface area contributed by atoms with Crippen LogP contribution in [0.2, 0.25) is 0 Å². The van der Waals surface area contributed by atoms with Crippen LogP contribution < -0.4 is 0 Å². The van der Waals surface area contributed by atoms with E-state index in [-0.39, 0.29) is 0 Å². The van der Waals surface area contributed by atoms with Gasteiger partial charge in [-0.25, -0.2) is 0 Å². The van der Waals surface area contributed by atoms with E-state index < -0.39 is 5.79 Å². The molecule has 0 aliphatic carbocycles. The fourth-order valence-electron chi connectivity index (χ4n) is 0.977. The lowest BCUT2D eigenvalue weighted by molar-refractivity contribution is -0.215. The Morgan fingerprint density at radius 1 is 1.33 bits per heavy atom. The van der Waals surface area contributed by atoms with Crippen LogP contribution in [0.5, 0.6) is 0 Å². The van der Waals surface area contributed by atoms with Gasteiger partial charge in [0.15, 0.2) is 5.79 Å². The molecule has 0 aromatic carbocycles. The third-order valence-electron chi connectivity index (χ3n) is 1.44. The maximum atomic E-state index is 8.22. The van der Waals surface area contributed by atoms with Crippen molar-refractivity contribution in [1.82, 2.24) is 0 Å². The van der Waals surface area contributed by atoms with E-state index in [9.17, 15) is 0 Å². The molecule has 0 atom stereocenters. The first-order chi connectivity index (χ1) is 5.68. The van der Waals surface area contributed by atoms with Crippen molar-refractivity contribution in [3.05, 3.63) is 0 Å². The number of ether oxygens (including phenoxy) is 2. The Hall–Kier alpha value is -0.610.